The van der Waals surface area contributed by atoms with E-state index in [0.29, 0.717) is 5.92 Å². The summed E-state index contributed by atoms with van der Waals surface area (Å²) in [4.78, 5) is 0. The van der Waals surface area contributed by atoms with Gasteiger partial charge in [-0.3, -0.25) is 0 Å². The summed E-state index contributed by atoms with van der Waals surface area (Å²) in [6.45, 7) is 6.70. The van der Waals surface area contributed by atoms with Gasteiger partial charge < -0.3 is 5.26 Å². The Balaban J connectivity index is 2.46. The zero-order valence-corrected chi connectivity index (χ0v) is 8.02. The highest BCUT2D eigenvalue weighted by molar-refractivity contribution is 5.89. The molecule has 0 radical (unpaired) electrons. The summed E-state index contributed by atoms with van der Waals surface area (Å²) >= 11 is 0. The normalized spacial score (nSPS) is 47.2. The van der Waals surface area contributed by atoms with E-state index < -0.39 is 0 Å². The number of carbonyl (C=O) groups excluding carboxylic acids is 1. The van der Waals surface area contributed by atoms with Crippen molar-refractivity contribution in [1.82, 2.24) is 0 Å². The zero-order valence-electron chi connectivity index (χ0n) is 8.02. The third kappa shape index (κ3) is 0.644. The van der Waals surface area contributed by atoms with Gasteiger partial charge in [-0.15, -0.1) is 0 Å². The lowest BCUT2D eigenvalue weighted by Gasteiger charge is -2.29. The molecule has 2 rings (SSSR count). The first kappa shape index (κ1) is 8.09. The van der Waals surface area contributed by atoms with E-state index in [4.69, 9.17) is 0 Å². The van der Waals surface area contributed by atoms with E-state index >= 15 is 0 Å². The molecule has 2 fully saturated rings. The molecule has 2 aliphatic carbocycles. The van der Waals surface area contributed by atoms with Crippen molar-refractivity contribution in [1.29, 1.82) is 0 Å². The molecule has 12 heavy (non-hydrogen) atoms. The van der Waals surface area contributed by atoms with E-state index in [1.807, 2.05) is 0 Å². The summed E-state index contributed by atoms with van der Waals surface area (Å²) in [6, 6.07) is 0. The average molecular weight is 168 g/mol. The minimum Gasteiger partial charge on any atom is -0.463 e. The Morgan fingerprint density at radius 1 is 1.42 bits per heavy atom. The smallest absolute Gasteiger partial charge is 0.335 e. The summed E-state index contributed by atoms with van der Waals surface area (Å²) in [5, 5.41) is 10.5. The fraction of sp³-hybridized carbons (Fsp3) is 0.900. The van der Waals surface area contributed by atoms with Gasteiger partial charge in [0.2, 0.25) is 0 Å². The molecule has 68 valence electrons. The maximum absolute atomic E-state index is 10.5. The van der Waals surface area contributed by atoms with Crippen molar-refractivity contribution in [3.8, 4) is 0 Å². The molecule has 2 aliphatic rings. The Morgan fingerprint density at radius 2 is 2.08 bits per heavy atom. The van der Waals surface area contributed by atoms with Crippen LogP contribution in [0.25, 0.3) is 0 Å². The molecule has 0 aromatic heterocycles. The summed E-state index contributed by atoms with van der Waals surface area (Å²) in [5.41, 5.74) is 0.326. The summed E-state index contributed by atoms with van der Waals surface area (Å²) in [5.74, 6) is 1.47. The van der Waals surface area contributed by atoms with Gasteiger partial charge in [0.1, 0.15) is 0 Å². The van der Waals surface area contributed by atoms with Crippen LogP contribution < -0.4 is 5.26 Å². The van der Waals surface area contributed by atoms with Crippen LogP contribution in [0, 0.1) is 16.7 Å². The first-order chi connectivity index (χ1) is 5.52. The molecule has 0 saturated heterocycles. The van der Waals surface area contributed by atoms with Crippen molar-refractivity contribution in [2.24, 2.45) is 16.7 Å². The quantitative estimate of drug-likeness (QED) is 0.304. The first-order valence-electron chi connectivity index (χ1n) is 4.68. The maximum Gasteiger partial charge on any atom is 0.335 e. The third-order valence-corrected chi connectivity index (χ3v) is 4.58. The number of hydrogen-bond donors (Lipinski definition) is 0. The van der Waals surface area contributed by atoms with Crippen molar-refractivity contribution in [3.05, 3.63) is 0 Å². The lowest BCUT2D eigenvalue weighted by Crippen LogP contribution is -2.34. The number of ketones is 1. The van der Waals surface area contributed by atoms with Crippen molar-refractivity contribution in [3.63, 3.8) is 0 Å². The molecule has 0 aromatic rings. The minimum absolute atomic E-state index is 0.0550. The molecule has 2 bridgehead atoms. The molecule has 0 amide bonds. The van der Waals surface area contributed by atoms with Gasteiger partial charge in [0.15, 0.2) is 0 Å². The Hall–Kier alpha value is -0.530. The standard InChI is InChI=1S/C10H16O2/c1-9(2)7-4-5-10(9,3)8(6-7)12-11/h7H,4-6H2,1-3H3/t7-,10-/m0/s1. The lowest BCUT2D eigenvalue weighted by molar-refractivity contribution is -1.05. The topological polar surface area (TPSA) is 34.4 Å². The van der Waals surface area contributed by atoms with Gasteiger partial charge in [-0.2, -0.15) is 4.58 Å². The highest BCUT2D eigenvalue weighted by atomic mass is 17.1. The molecule has 0 unspecified atom stereocenters. The highest BCUT2D eigenvalue weighted by Gasteiger charge is 2.65. The van der Waals surface area contributed by atoms with Crippen molar-refractivity contribution >= 4 is 5.78 Å². The Morgan fingerprint density at radius 3 is 2.33 bits per heavy atom. The number of fused-ring (bicyclic) bond motifs is 2. The minimum atomic E-state index is 0.0550. The van der Waals surface area contributed by atoms with Crippen LogP contribution in [0.5, 0.6) is 0 Å². The van der Waals surface area contributed by atoms with E-state index in [0.717, 1.165) is 18.6 Å². The fourth-order valence-electron chi connectivity index (χ4n) is 3.03. The molecular weight excluding hydrogens is 152 g/mol. The molecule has 0 N–H and O–H groups in total. The van der Waals surface area contributed by atoms with Crippen LogP contribution in [-0.2, 0) is 4.58 Å². The lowest BCUT2D eigenvalue weighted by atomic mass is 9.70. The molecule has 2 saturated carbocycles. The average Bonchev–Trinajstić information content (AvgIpc) is 2.34. The molecule has 2 atom stereocenters. The van der Waals surface area contributed by atoms with Crippen LogP contribution in [0.4, 0.5) is 0 Å². The van der Waals surface area contributed by atoms with Crippen LogP contribution in [0.3, 0.4) is 0 Å². The number of hydrogen-bond acceptors (Lipinski definition) is 1. The van der Waals surface area contributed by atoms with Crippen molar-refractivity contribution in [2.45, 2.75) is 40.0 Å². The van der Waals surface area contributed by atoms with E-state index in [9.17, 15) is 5.26 Å². The molecule has 0 aromatic carbocycles. The Kier molecular flexibility index (Phi) is 1.37. The summed E-state index contributed by atoms with van der Waals surface area (Å²) < 4.78 is 4.25. The second-order valence-electron chi connectivity index (χ2n) is 5.00. The fourth-order valence-corrected chi connectivity index (χ4v) is 3.03. The predicted octanol–water partition coefficient (Wildman–Crippen LogP) is 1.21. The maximum atomic E-state index is 10.5. The SMILES string of the molecule is CC1(C)[C@H]2CC[C@@]1(C)C(=[O+][O-])C2. The van der Waals surface area contributed by atoms with Gasteiger partial charge in [-0.05, 0) is 31.1 Å². The van der Waals surface area contributed by atoms with Crippen LogP contribution in [0.1, 0.15) is 40.0 Å². The third-order valence-electron chi connectivity index (χ3n) is 4.58. The van der Waals surface area contributed by atoms with Crippen LogP contribution in [0.15, 0.2) is 0 Å². The highest BCUT2D eigenvalue weighted by Crippen LogP contribution is 2.63. The largest absolute Gasteiger partial charge is 0.463 e. The van der Waals surface area contributed by atoms with Gasteiger partial charge in [0.25, 0.3) is 0 Å². The van der Waals surface area contributed by atoms with E-state index in [1.54, 1.807) is 0 Å². The predicted molar refractivity (Wildman–Crippen MR) is 44.2 cm³/mol. The van der Waals surface area contributed by atoms with E-state index in [-0.39, 0.29) is 10.8 Å². The molecule has 0 aliphatic heterocycles. The second-order valence-corrected chi connectivity index (χ2v) is 5.00. The number of rotatable bonds is 0. The molecular formula is C10H16O2. The molecule has 2 nitrogen and oxygen atoms in total. The Labute approximate surface area is 73.2 Å². The Bertz CT molecular complexity index is 242. The van der Waals surface area contributed by atoms with Crippen molar-refractivity contribution in [2.75, 3.05) is 0 Å². The summed E-state index contributed by atoms with van der Waals surface area (Å²) in [7, 11) is 0. The molecule has 2 heteroatoms. The monoisotopic (exact) mass is 168 g/mol. The van der Waals surface area contributed by atoms with Crippen LogP contribution >= 0.6 is 0 Å². The van der Waals surface area contributed by atoms with E-state index in [1.165, 1.54) is 6.42 Å². The summed E-state index contributed by atoms with van der Waals surface area (Å²) in [6.07, 6.45) is 3.28. The van der Waals surface area contributed by atoms with Crippen molar-refractivity contribution < 1.29 is 9.83 Å². The zero-order chi connectivity index (χ0) is 8.98. The van der Waals surface area contributed by atoms with Crippen LogP contribution in [0.2, 0.25) is 0 Å². The van der Waals surface area contributed by atoms with E-state index in [2.05, 4.69) is 25.3 Å². The van der Waals surface area contributed by atoms with Gasteiger partial charge in [0, 0.05) is 0 Å². The van der Waals surface area contributed by atoms with Gasteiger partial charge >= 0.3 is 5.78 Å². The molecule has 0 spiro atoms. The first-order valence-corrected chi connectivity index (χ1v) is 4.68. The van der Waals surface area contributed by atoms with Gasteiger partial charge in [-0.1, -0.05) is 13.8 Å². The molecule has 0 heterocycles. The second kappa shape index (κ2) is 2.04. The van der Waals surface area contributed by atoms with Gasteiger partial charge in [-0.25, -0.2) is 0 Å². The van der Waals surface area contributed by atoms with Gasteiger partial charge in [0.05, 0.1) is 11.8 Å². The van der Waals surface area contributed by atoms with Crippen LogP contribution in [-0.4, -0.2) is 5.78 Å².